The largest absolute Gasteiger partial charge is 0.491 e. The topological polar surface area (TPSA) is 62.6 Å². The molecule has 1 aromatic heterocycles. The van der Waals surface area contributed by atoms with Crippen molar-refractivity contribution < 1.29 is 36.6 Å². The number of rotatable bonds is 11. The fourth-order valence-corrected chi connectivity index (χ4v) is 4.38. The standard InChI is InChI=1S/C23H24F4N2O4S/c1-4-32-10-6-9-29-16-8-7-13(22(30)33-5-2)11-15(16)28-23(29)34-12-14-17(24)19(26)21(31-3)20(27)18(14)25/h7-8,11H,4-6,9-10,12H2,1-3H3. The summed E-state index contributed by atoms with van der Waals surface area (Å²) >= 11 is 0.914. The molecule has 0 aliphatic carbocycles. The van der Waals surface area contributed by atoms with Crippen molar-refractivity contribution in [1.82, 2.24) is 9.55 Å². The zero-order chi connectivity index (χ0) is 24.8. The number of benzene rings is 2. The molecular formula is C23H24F4N2O4S. The van der Waals surface area contributed by atoms with Crippen LogP contribution in [-0.4, -0.2) is 42.5 Å². The molecule has 0 spiro atoms. The Morgan fingerprint density at radius 1 is 1.06 bits per heavy atom. The molecule has 3 rings (SSSR count). The lowest BCUT2D eigenvalue weighted by molar-refractivity contribution is 0.0526. The average molecular weight is 501 g/mol. The first-order chi connectivity index (χ1) is 16.3. The number of aryl methyl sites for hydroxylation is 1. The van der Waals surface area contributed by atoms with Crippen molar-refractivity contribution >= 4 is 28.8 Å². The molecule has 11 heteroatoms. The normalized spacial score (nSPS) is 11.3. The smallest absolute Gasteiger partial charge is 0.338 e. The molecule has 3 aromatic rings. The quantitative estimate of drug-likeness (QED) is 0.114. The summed E-state index contributed by atoms with van der Waals surface area (Å²) in [6, 6.07) is 4.86. The molecule has 0 fully saturated rings. The summed E-state index contributed by atoms with van der Waals surface area (Å²) in [5, 5.41) is 0.364. The van der Waals surface area contributed by atoms with Crippen molar-refractivity contribution in [2.45, 2.75) is 37.7 Å². The first-order valence-corrected chi connectivity index (χ1v) is 11.6. The predicted octanol–water partition coefficient (Wildman–Crippen LogP) is 5.50. The summed E-state index contributed by atoms with van der Waals surface area (Å²) < 4.78 is 73.7. The molecule has 0 radical (unpaired) electrons. The zero-order valence-electron chi connectivity index (χ0n) is 18.9. The third kappa shape index (κ3) is 5.30. The maximum Gasteiger partial charge on any atom is 0.338 e. The van der Waals surface area contributed by atoms with Gasteiger partial charge in [0, 0.05) is 31.1 Å². The van der Waals surface area contributed by atoms with Crippen molar-refractivity contribution in [3.8, 4) is 5.75 Å². The van der Waals surface area contributed by atoms with Gasteiger partial charge in [0.15, 0.2) is 22.5 Å². The van der Waals surface area contributed by atoms with E-state index >= 15 is 0 Å². The van der Waals surface area contributed by atoms with E-state index in [1.54, 1.807) is 29.7 Å². The van der Waals surface area contributed by atoms with Gasteiger partial charge in [0.2, 0.25) is 11.6 Å². The van der Waals surface area contributed by atoms with Gasteiger partial charge in [0.25, 0.3) is 0 Å². The van der Waals surface area contributed by atoms with E-state index in [2.05, 4.69) is 9.72 Å². The number of esters is 1. The number of imidazole rings is 1. The number of hydrogen-bond donors (Lipinski definition) is 0. The maximum absolute atomic E-state index is 14.4. The highest BCUT2D eigenvalue weighted by Gasteiger charge is 2.26. The molecule has 34 heavy (non-hydrogen) atoms. The number of hydrogen-bond acceptors (Lipinski definition) is 6. The van der Waals surface area contributed by atoms with Crippen LogP contribution in [0.2, 0.25) is 0 Å². The molecule has 0 aliphatic rings. The van der Waals surface area contributed by atoms with Crippen LogP contribution in [0.1, 0.15) is 36.2 Å². The number of aromatic nitrogens is 2. The van der Waals surface area contributed by atoms with E-state index in [1.807, 2.05) is 6.92 Å². The molecule has 0 aliphatic heterocycles. The highest BCUT2D eigenvalue weighted by atomic mass is 32.2. The third-order valence-electron chi connectivity index (χ3n) is 4.96. The molecule has 0 N–H and O–H groups in total. The van der Waals surface area contributed by atoms with Gasteiger partial charge in [-0.15, -0.1) is 0 Å². The van der Waals surface area contributed by atoms with Gasteiger partial charge >= 0.3 is 5.97 Å². The number of fused-ring (bicyclic) bond motifs is 1. The van der Waals surface area contributed by atoms with Crippen molar-refractivity contribution in [2.75, 3.05) is 26.9 Å². The summed E-state index contributed by atoms with van der Waals surface area (Å²) in [6.45, 7) is 5.30. The molecule has 0 bridgehead atoms. The maximum atomic E-state index is 14.4. The molecule has 6 nitrogen and oxygen atoms in total. The minimum absolute atomic E-state index is 0.218. The lowest BCUT2D eigenvalue weighted by Gasteiger charge is -2.12. The fraction of sp³-hybridized carbons (Fsp3) is 0.391. The Morgan fingerprint density at radius 2 is 1.76 bits per heavy atom. The third-order valence-corrected chi connectivity index (χ3v) is 5.97. The Kier molecular flexibility index (Phi) is 8.78. The van der Waals surface area contributed by atoms with E-state index in [0.717, 1.165) is 18.9 Å². The van der Waals surface area contributed by atoms with E-state index in [-0.39, 0.29) is 6.61 Å². The highest BCUT2D eigenvalue weighted by Crippen LogP contribution is 2.34. The van der Waals surface area contributed by atoms with Gasteiger partial charge in [-0.2, -0.15) is 8.78 Å². The minimum atomic E-state index is -1.60. The van der Waals surface area contributed by atoms with Crippen LogP contribution in [0.4, 0.5) is 17.6 Å². The van der Waals surface area contributed by atoms with Crippen LogP contribution >= 0.6 is 11.8 Å². The van der Waals surface area contributed by atoms with Crippen LogP contribution < -0.4 is 4.74 Å². The van der Waals surface area contributed by atoms with E-state index in [4.69, 9.17) is 9.47 Å². The van der Waals surface area contributed by atoms with E-state index in [9.17, 15) is 22.4 Å². The number of thioether (sulfide) groups is 1. The molecule has 0 saturated heterocycles. The summed E-state index contributed by atoms with van der Waals surface area (Å²) in [5.41, 5.74) is 0.694. The summed E-state index contributed by atoms with van der Waals surface area (Å²) in [6.07, 6.45) is 0.626. The first-order valence-electron chi connectivity index (χ1n) is 10.6. The van der Waals surface area contributed by atoms with Gasteiger partial charge in [0.05, 0.1) is 30.3 Å². The van der Waals surface area contributed by atoms with Crippen molar-refractivity contribution in [2.24, 2.45) is 0 Å². The summed E-state index contributed by atoms with van der Waals surface area (Å²) in [5.74, 6) is -8.27. The molecule has 0 unspecified atom stereocenters. The van der Waals surface area contributed by atoms with Crippen LogP contribution in [0.3, 0.4) is 0 Å². The van der Waals surface area contributed by atoms with Gasteiger partial charge in [-0.3, -0.25) is 0 Å². The monoisotopic (exact) mass is 500 g/mol. The molecule has 2 aromatic carbocycles. The van der Waals surface area contributed by atoms with E-state index < -0.39 is 46.3 Å². The van der Waals surface area contributed by atoms with Crippen LogP contribution in [0.25, 0.3) is 11.0 Å². The molecule has 0 atom stereocenters. The van der Waals surface area contributed by atoms with Gasteiger partial charge < -0.3 is 18.8 Å². The van der Waals surface area contributed by atoms with E-state index in [1.165, 1.54) is 0 Å². The lowest BCUT2D eigenvalue weighted by Crippen LogP contribution is -2.07. The summed E-state index contributed by atoms with van der Waals surface area (Å²) in [7, 11) is 0.921. The van der Waals surface area contributed by atoms with Crippen molar-refractivity contribution in [3.63, 3.8) is 0 Å². The molecule has 0 amide bonds. The van der Waals surface area contributed by atoms with E-state index in [0.29, 0.717) is 47.9 Å². The van der Waals surface area contributed by atoms with Crippen LogP contribution in [0.5, 0.6) is 5.75 Å². The first kappa shape index (κ1) is 25.8. The Labute approximate surface area is 198 Å². The predicted molar refractivity (Wildman–Crippen MR) is 119 cm³/mol. The van der Waals surface area contributed by atoms with Gasteiger partial charge in [-0.25, -0.2) is 18.6 Å². The Hall–Kier alpha value is -2.79. The average Bonchev–Trinajstić information content (AvgIpc) is 3.17. The molecule has 1 heterocycles. The Morgan fingerprint density at radius 3 is 2.38 bits per heavy atom. The van der Waals surface area contributed by atoms with Crippen LogP contribution in [0.15, 0.2) is 23.4 Å². The zero-order valence-corrected chi connectivity index (χ0v) is 19.7. The number of nitrogens with zero attached hydrogens (tertiary/aromatic N) is 2. The van der Waals surface area contributed by atoms with Crippen molar-refractivity contribution in [1.29, 1.82) is 0 Å². The van der Waals surface area contributed by atoms with Gasteiger partial charge in [0.1, 0.15) is 0 Å². The number of ether oxygens (including phenoxy) is 3. The lowest BCUT2D eigenvalue weighted by atomic mass is 10.2. The Bertz CT molecular complexity index is 1160. The number of methoxy groups -OCH3 is 1. The number of halogens is 4. The van der Waals surface area contributed by atoms with Gasteiger partial charge in [-0.05, 0) is 38.5 Å². The molecule has 0 saturated carbocycles. The molecule has 184 valence electrons. The number of carbonyl (C=O) groups is 1. The second-order valence-electron chi connectivity index (χ2n) is 7.08. The molecular weight excluding hydrogens is 476 g/mol. The van der Waals surface area contributed by atoms with Gasteiger partial charge in [-0.1, -0.05) is 11.8 Å². The van der Waals surface area contributed by atoms with Crippen LogP contribution in [-0.2, 0) is 21.8 Å². The minimum Gasteiger partial charge on any atom is -0.491 e. The Balaban J connectivity index is 1.96. The fourth-order valence-electron chi connectivity index (χ4n) is 3.34. The highest BCUT2D eigenvalue weighted by molar-refractivity contribution is 7.98. The second kappa shape index (κ2) is 11.6. The SMILES string of the molecule is CCOCCCn1c(SCc2c(F)c(F)c(OC)c(F)c2F)nc2cc(C(=O)OCC)ccc21. The second-order valence-corrected chi connectivity index (χ2v) is 8.02. The van der Waals surface area contributed by atoms with Crippen LogP contribution in [0, 0.1) is 23.3 Å². The number of carbonyl (C=O) groups excluding carboxylic acids is 1. The summed E-state index contributed by atoms with van der Waals surface area (Å²) in [4.78, 5) is 16.6. The van der Waals surface area contributed by atoms with Crippen molar-refractivity contribution in [3.05, 3.63) is 52.6 Å².